The van der Waals surface area contributed by atoms with E-state index in [0.717, 1.165) is 5.69 Å². The zero-order chi connectivity index (χ0) is 25.8. The first-order chi connectivity index (χ1) is 16.3. The largest absolute Gasteiger partial charge is 0.444 e. The van der Waals surface area contributed by atoms with Gasteiger partial charge in [-0.1, -0.05) is 26.8 Å². The molecular weight excluding hydrogens is 450 g/mol. The highest BCUT2D eigenvalue weighted by Crippen LogP contribution is 2.25. The fraction of sp³-hybridized carbons (Fsp3) is 0.542. The molecule has 35 heavy (non-hydrogen) atoms. The highest BCUT2D eigenvalue weighted by atomic mass is 16.6. The number of hydrogen-bond acceptors (Lipinski definition) is 9. The molecule has 0 aliphatic carbocycles. The minimum absolute atomic E-state index is 0.00563. The Bertz CT molecular complexity index is 1060. The summed E-state index contributed by atoms with van der Waals surface area (Å²) in [5.74, 6) is 0.246. The highest BCUT2D eigenvalue weighted by Gasteiger charge is 2.30. The number of ether oxygens (including phenoxy) is 2. The Kier molecular flexibility index (Phi) is 7.79. The number of alkyl carbamates (subject to hydrolysis) is 1. The molecule has 0 saturated carbocycles. The Morgan fingerprint density at radius 1 is 1.09 bits per heavy atom. The SMILES string of the molecule is CC(C)(C)OC(=O)NC1COCCC1Nc1cc(Nc2cccc(C(C)(C)C)n2)c(C(N)=O)nn1. The number of nitrogens with two attached hydrogens (primary N) is 1. The molecule has 11 heteroatoms. The number of hydrogen-bond donors (Lipinski definition) is 4. The number of nitrogens with zero attached hydrogens (tertiary/aromatic N) is 3. The molecule has 2 aromatic rings. The smallest absolute Gasteiger partial charge is 0.408 e. The highest BCUT2D eigenvalue weighted by molar-refractivity contribution is 5.97. The van der Waals surface area contributed by atoms with Crippen molar-refractivity contribution in [2.45, 2.75) is 71.1 Å². The van der Waals surface area contributed by atoms with Gasteiger partial charge in [-0.3, -0.25) is 4.79 Å². The predicted molar refractivity (Wildman–Crippen MR) is 133 cm³/mol. The number of primary amides is 1. The number of amides is 2. The van der Waals surface area contributed by atoms with Crippen molar-refractivity contribution in [1.82, 2.24) is 20.5 Å². The Morgan fingerprint density at radius 2 is 1.83 bits per heavy atom. The summed E-state index contributed by atoms with van der Waals surface area (Å²) in [5, 5.41) is 17.4. The summed E-state index contributed by atoms with van der Waals surface area (Å²) in [5.41, 5.74) is 6.03. The molecule has 2 unspecified atom stereocenters. The monoisotopic (exact) mass is 485 g/mol. The van der Waals surface area contributed by atoms with Gasteiger partial charge < -0.3 is 31.2 Å². The van der Waals surface area contributed by atoms with Crippen molar-refractivity contribution in [3.05, 3.63) is 35.7 Å². The van der Waals surface area contributed by atoms with Gasteiger partial charge in [-0.15, -0.1) is 10.2 Å². The number of anilines is 3. The van der Waals surface area contributed by atoms with Gasteiger partial charge in [0.25, 0.3) is 5.91 Å². The average Bonchev–Trinajstić information content (AvgIpc) is 2.73. The van der Waals surface area contributed by atoms with Crippen molar-refractivity contribution < 1.29 is 19.1 Å². The van der Waals surface area contributed by atoms with Gasteiger partial charge in [-0.2, -0.15) is 0 Å². The molecule has 1 aliphatic heterocycles. The van der Waals surface area contributed by atoms with Crippen LogP contribution in [0.1, 0.15) is 64.1 Å². The van der Waals surface area contributed by atoms with Gasteiger partial charge in [0.05, 0.1) is 24.4 Å². The van der Waals surface area contributed by atoms with E-state index in [-0.39, 0.29) is 23.2 Å². The van der Waals surface area contributed by atoms with E-state index >= 15 is 0 Å². The van der Waals surface area contributed by atoms with E-state index in [1.165, 1.54) is 0 Å². The van der Waals surface area contributed by atoms with Gasteiger partial charge in [0, 0.05) is 23.8 Å². The maximum absolute atomic E-state index is 12.3. The Morgan fingerprint density at radius 3 is 2.49 bits per heavy atom. The van der Waals surface area contributed by atoms with Gasteiger partial charge in [0.2, 0.25) is 0 Å². The normalized spacial score (nSPS) is 18.5. The maximum Gasteiger partial charge on any atom is 0.408 e. The number of nitrogens with one attached hydrogen (secondary N) is 3. The van der Waals surface area contributed by atoms with Crippen LogP contribution in [0.2, 0.25) is 0 Å². The minimum Gasteiger partial charge on any atom is -0.444 e. The topological polar surface area (TPSA) is 153 Å². The third-order valence-electron chi connectivity index (χ3n) is 5.20. The molecule has 190 valence electrons. The second kappa shape index (κ2) is 10.4. The van der Waals surface area contributed by atoms with E-state index in [1.54, 1.807) is 32.9 Å². The van der Waals surface area contributed by atoms with Crippen LogP contribution in [0.3, 0.4) is 0 Å². The van der Waals surface area contributed by atoms with Gasteiger partial charge in [0.15, 0.2) is 11.5 Å². The second-order valence-corrected chi connectivity index (χ2v) is 10.5. The molecule has 5 N–H and O–H groups in total. The van der Waals surface area contributed by atoms with E-state index in [9.17, 15) is 9.59 Å². The third kappa shape index (κ3) is 7.51. The number of carbonyl (C=O) groups excluding carboxylic acids is 2. The fourth-order valence-corrected chi connectivity index (χ4v) is 3.50. The molecule has 2 aromatic heterocycles. The van der Waals surface area contributed by atoms with Crippen molar-refractivity contribution in [3.8, 4) is 0 Å². The summed E-state index contributed by atoms with van der Waals surface area (Å²) < 4.78 is 10.9. The van der Waals surface area contributed by atoms with Crippen molar-refractivity contribution in [2.75, 3.05) is 23.8 Å². The van der Waals surface area contributed by atoms with E-state index in [2.05, 4.69) is 51.9 Å². The van der Waals surface area contributed by atoms with Crippen LogP contribution in [0.5, 0.6) is 0 Å². The Hall–Kier alpha value is -3.47. The molecule has 1 fully saturated rings. The third-order valence-corrected chi connectivity index (χ3v) is 5.20. The molecule has 3 rings (SSSR count). The summed E-state index contributed by atoms with van der Waals surface area (Å²) in [6.07, 6.45) is 0.0969. The summed E-state index contributed by atoms with van der Waals surface area (Å²) in [6.45, 7) is 12.4. The van der Waals surface area contributed by atoms with E-state index in [0.29, 0.717) is 37.0 Å². The molecule has 1 saturated heterocycles. The minimum atomic E-state index is -0.714. The number of pyridine rings is 1. The maximum atomic E-state index is 12.3. The van der Waals surface area contributed by atoms with Crippen LogP contribution in [0.25, 0.3) is 0 Å². The van der Waals surface area contributed by atoms with Crippen molar-refractivity contribution >= 4 is 29.3 Å². The molecule has 3 heterocycles. The molecule has 2 atom stereocenters. The summed E-state index contributed by atoms with van der Waals surface area (Å²) in [6, 6.07) is 6.74. The van der Waals surface area contributed by atoms with E-state index in [4.69, 9.17) is 15.2 Å². The summed E-state index contributed by atoms with van der Waals surface area (Å²) in [4.78, 5) is 28.9. The van der Waals surface area contributed by atoms with Crippen LogP contribution < -0.4 is 21.7 Å². The standard InChI is InChI=1S/C24H35N7O4/c1-23(2,3)17-8-7-9-18(29-17)27-15-12-19(30-31-20(15)21(25)32)26-14-10-11-34-13-16(14)28-22(33)35-24(4,5)6/h7-9,12,14,16H,10-11,13H2,1-6H3,(H2,25,32)(H,28,33)(H2,26,27,29,30). The summed E-state index contributed by atoms with van der Waals surface area (Å²) in [7, 11) is 0. The zero-order valence-corrected chi connectivity index (χ0v) is 21.1. The van der Waals surface area contributed by atoms with Gasteiger partial charge in [-0.25, -0.2) is 9.78 Å². The Balaban J connectivity index is 1.81. The van der Waals surface area contributed by atoms with E-state index < -0.39 is 17.6 Å². The quantitative estimate of drug-likeness (QED) is 0.483. The van der Waals surface area contributed by atoms with Crippen LogP contribution >= 0.6 is 0 Å². The van der Waals surface area contributed by atoms with Crippen molar-refractivity contribution in [1.29, 1.82) is 0 Å². The van der Waals surface area contributed by atoms with Crippen LogP contribution in [0.4, 0.5) is 22.1 Å². The zero-order valence-electron chi connectivity index (χ0n) is 21.1. The van der Waals surface area contributed by atoms with Gasteiger partial charge >= 0.3 is 6.09 Å². The molecule has 0 radical (unpaired) electrons. The van der Waals surface area contributed by atoms with Crippen molar-refractivity contribution in [2.24, 2.45) is 5.73 Å². The lowest BCUT2D eigenvalue weighted by Crippen LogP contribution is -2.53. The van der Waals surface area contributed by atoms with Gasteiger partial charge in [0.1, 0.15) is 11.4 Å². The number of aromatic nitrogens is 3. The first kappa shape index (κ1) is 26.1. The molecule has 11 nitrogen and oxygen atoms in total. The first-order valence-corrected chi connectivity index (χ1v) is 11.6. The summed E-state index contributed by atoms with van der Waals surface area (Å²) >= 11 is 0. The lowest BCUT2D eigenvalue weighted by atomic mass is 9.92. The Labute approximate surface area is 205 Å². The van der Waals surface area contributed by atoms with E-state index in [1.807, 2.05) is 12.1 Å². The van der Waals surface area contributed by atoms with Crippen LogP contribution in [-0.2, 0) is 14.9 Å². The predicted octanol–water partition coefficient (Wildman–Crippen LogP) is 3.11. The molecular formula is C24H35N7O4. The number of carbonyl (C=O) groups is 2. The second-order valence-electron chi connectivity index (χ2n) is 10.5. The number of rotatable bonds is 6. The molecule has 0 spiro atoms. The molecule has 2 amide bonds. The van der Waals surface area contributed by atoms with Crippen LogP contribution in [-0.4, -0.2) is 58.1 Å². The lowest BCUT2D eigenvalue weighted by Gasteiger charge is -2.33. The van der Waals surface area contributed by atoms with Crippen LogP contribution in [0, 0.1) is 0 Å². The molecule has 0 aromatic carbocycles. The molecule has 1 aliphatic rings. The fourth-order valence-electron chi connectivity index (χ4n) is 3.50. The first-order valence-electron chi connectivity index (χ1n) is 11.6. The van der Waals surface area contributed by atoms with Crippen LogP contribution in [0.15, 0.2) is 24.3 Å². The lowest BCUT2D eigenvalue weighted by molar-refractivity contribution is 0.0317. The van der Waals surface area contributed by atoms with Crippen molar-refractivity contribution in [3.63, 3.8) is 0 Å². The van der Waals surface area contributed by atoms with Gasteiger partial charge in [-0.05, 0) is 39.3 Å². The average molecular weight is 486 g/mol. The molecule has 0 bridgehead atoms.